The van der Waals surface area contributed by atoms with Gasteiger partial charge >= 0.3 is 0 Å². The molecule has 0 aliphatic carbocycles. The zero-order valence-corrected chi connectivity index (χ0v) is 10.9. The average Bonchev–Trinajstić information content (AvgIpc) is 2.20. The van der Waals surface area contributed by atoms with E-state index >= 15 is 0 Å². The first-order valence-corrected chi connectivity index (χ1v) is 5.80. The first kappa shape index (κ1) is 13.0. The van der Waals surface area contributed by atoms with Crippen molar-refractivity contribution >= 4 is 27.6 Å². The van der Waals surface area contributed by atoms with Crippen LogP contribution in [-0.4, -0.2) is 12.5 Å². The number of halogens is 2. The Morgan fingerprint density at radius 1 is 1.56 bits per heavy atom. The Hall–Kier alpha value is -1.10. The Labute approximate surface area is 103 Å². The predicted octanol–water partition coefficient (Wildman–Crippen LogP) is 2.97. The lowest BCUT2D eigenvalue weighted by Gasteiger charge is -2.08. The van der Waals surface area contributed by atoms with Gasteiger partial charge in [-0.05, 0) is 40.0 Å². The number of aliphatic imine (C=N–C) groups is 1. The zero-order valence-electron chi connectivity index (χ0n) is 9.30. The topological polar surface area (TPSA) is 50.4 Å². The number of rotatable bonds is 3. The fourth-order valence-electron chi connectivity index (χ4n) is 1.05. The first-order valence-electron chi connectivity index (χ1n) is 5.01. The molecular weight excluding hydrogens is 273 g/mol. The molecule has 0 fully saturated rings. The van der Waals surface area contributed by atoms with Gasteiger partial charge in [0, 0.05) is 11.0 Å². The molecule has 0 bridgehead atoms. The van der Waals surface area contributed by atoms with Gasteiger partial charge in [-0.25, -0.2) is 4.39 Å². The van der Waals surface area contributed by atoms with Gasteiger partial charge in [-0.15, -0.1) is 0 Å². The number of nitrogens with one attached hydrogen (secondary N) is 1. The summed E-state index contributed by atoms with van der Waals surface area (Å²) in [5.41, 5.74) is 6.24. The standard InChI is InChI=1S/C11H15BrFN3/c1-7(2)6-15-11(14)16-10-5-8(13)3-4-9(10)12/h3-5,7H,6H2,1-2H3,(H3,14,15,16). The summed E-state index contributed by atoms with van der Waals surface area (Å²) in [6.07, 6.45) is 0. The van der Waals surface area contributed by atoms with Gasteiger partial charge in [0.05, 0.1) is 5.69 Å². The molecule has 16 heavy (non-hydrogen) atoms. The highest BCUT2D eigenvalue weighted by atomic mass is 79.9. The van der Waals surface area contributed by atoms with Crippen LogP contribution >= 0.6 is 15.9 Å². The highest BCUT2D eigenvalue weighted by Gasteiger charge is 2.02. The molecule has 0 saturated heterocycles. The van der Waals surface area contributed by atoms with E-state index in [1.54, 1.807) is 6.07 Å². The van der Waals surface area contributed by atoms with Crippen molar-refractivity contribution in [3.63, 3.8) is 0 Å². The van der Waals surface area contributed by atoms with Gasteiger partial charge < -0.3 is 11.1 Å². The number of nitrogens with two attached hydrogens (primary N) is 1. The van der Waals surface area contributed by atoms with Crippen molar-refractivity contribution in [1.82, 2.24) is 0 Å². The zero-order chi connectivity index (χ0) is 12.1. The van der Waals surface area contributed by atoms with E-state index < -0.39 is 0 Å². The second-order valence-corrected chi connectivity index (χ2v) is 4.72. The summed E-state index contributed by atoms with van der Waals surface area (Å²) in [5.74, 6) is 0.415. The first-order chi connectivity index (χ1) is 7.49. The molecule has 0 aromatic heterocycles. The number of guanidine groups is 1. The molecule has 3 N–H and O–H groups in total. The van der Waals surface area contributed by atoms with Crippen molar-refractivity contribution in [2.45, 2.75) is 13.8 Å². The average molecular weight is 288 g/mol. The lowest BCUT2D eigenvalue weighted by Crippen LogP contribution is -2.23. The number of anilines is 1. The molecule has 1 aromatic rings. The summed E-state index contributed by atoms with van der Waals surface area (Å²) >= 11 is 3.30. The van der Waals surface area contributed by atoms with Crippen molar-refractivity contribution in [3.05, 3.63) is 28.5 Å². The van der Waals surface area contributed by atoms with Gasteiger partial charge in [-0.3, -0.25) is 4.99 Å². The smallest absolute Gasteiger partial charge is 0.193 e. The summed E-state index contributed by atoms with van der Waals surface area (Å²) in [6.45, 7) is 4.75. The molecule has 0 unspecified atom stereocenters. The van der Waals surface area contributed by atoms with Crippen molar-refractivity contribution < 1.29 is 4.39 Å². The molecule has 0 aliphatic rings. The number of nitrogens with zero attached hydrogens (tertiary/aromatic N) is 1. The molecular formula is C11H15BrFN3. The molecule has 0 amide bonds. The number of hydrogen-bond donors (Lipinski definition) is 2. The van der Waals surface area contributed by atoms with Crippen LogP contribution in [0.4, 0.5) is 10.1 Å². The van der Waals surface area contributed by atoms with Crippen LogP contribution < -0.4 is 11.1 Å². The van der Waals surface area contributed by atoms with Crippen LogP contribution in [0, 0.1) is 11.7 Å². The van der Waals surface area contributed by atoms with Gasteiger partial charge in [0.1, 0.15) is 5.82 Å². The molecule has 1 rings (SSSR count). The third kappa shape index (κ3) is 4.18. The Morgan fingerprint density at radius 2 is 2.25 bits per heavy atom. The summed E-state index contributed by atoms with van der Waals surface area (Å²) in [6, 6.07) is 4.35. The van der Waals surface area contributed by atoms with Crippen LogP contribution in [0.1, 0.15) is 13.8 Å². The van der Waals surface area contributed by atoms with E-state index in [-0.39, 0.29) is 5.82 Å². The van der Waals surface area contributed by atoms with Crippen LogP contribution in [0.3, 0.4) is 0 Å². The molecule has 5 heteroatoms. The van der Waals surface area contributed by atoms with Gasteiger partial charge in [0.15, 0.2) is 5.96 Å². The highest BCUT2D eigenvalue weighted by Crippen LogP contribution is 2.22. The molecule has 0 radical (unpaired) electrons. The minimum absolute atomic E-state index is 0.292. The molecule has 1 aromatic carbocycles. The monoisotopic (exact) mass is 287 g/mol. The van der Waals surface area contributed by atoms with Gasteiger partial charge in [0.25, 0.3) is 0 Å². The summed E-state index contributed by atoms with van der Waals surface area (Å²) < 4.78 is 13.7. The Kier molecular flexibility index (Phi) is 4.73. The second kappa shape index (κ2) is 5.84. The second-order valence-electron chi connectivity index (χ2n) is 3.87. The van der Waals surface area contributed by atoms with E-state index in [4.69, 9.17) is 5.73 Å². The van der Waals surface area contributed by atoms with Crippen LogP contribution in [0.2, 0.25) is 0 Å². The van der Waals surface area contributed by atoms with E-state index in [1.165, 1.54) is 12.1 Å². The van der Waals surface area contributed by atoms with E-state index in [2.05, 4.69) is 40.1 Å². The molecule has 0 saturated carbocycles. The summed E-state index contributed by atoms with van der Waals surface area (Å²) in [5, 5.41) is 2.85. The van der Waals surface area contributed by atoms with Crippen LogP contribution in [0.5, 0.6) is 0 Å². The Bertz CT molecular complexity index is 391. The lowest BCUT2D eigenvalue weighted by molar-refractivity contribution is 0.628. The van der Waals surface area contributed by atoms with Crippen molar-refractivity contribution in [3.8, 4) is 0 Å². The maximum absolute atomic E-state index is 13.0. The van der Waals surface area contributed by atoms with Crippen molar-refractivity contribution in [2.75, 3.05) is 11.9 Å². The number of benzene rings is 1. The summed E-state index contributed by atoms with van der Waals surface area (Å²) in [7, 11) is 0. The molecule has 3 nitrogen and oxygen atoms in total. The fourth-order valence-corrected chi connectivity index (χ4v) is 1.40. The van der Waals surface area contributed by atoms with Crippen LogP contribution in [0.25, 0.3) is 0 Å². The lowest BCUT2D eigenvalue weighted by atomic mass is 10.2. The van der Waals surface area contributed by atoms with E-state index in [0.29, 0.717) is 24.1 Å². The third-order valence-electron chi connectivity index (χ3n) is 1.82. The fraction of sp³-hybridized carbons (Fsp3) is 0.364. The SMILES string of the molecule is CC(C)CN=C(N)Nc1cc(F)ccc1Br. The Morgan fingerprint density at radius 3 is 2.88 bits per heavy atom. The minimum atomic E-state index is -0.317. The molecule has 0 aliphatic heterocycles. The van der Waals surface area contributed by atoms with E-state index in [1.807, 2.05) is 0 Å². The molecule has 0 heterocycles. The van der Waals surface area contributed by atoms with Gasteiger partial charge in [0.2, 0.25) is 0 Å². The third-order valence-corrected chi connectivity index (χ3v) is 2.51. The van der Waals surface area contributed by atoms with Gasteiger partial charge in [-0.1, -0.05) is 13.8 Å². The molecule has 88 valence electrons. The normalized spacial score (nSPS) is 11.9. The van der Waals surface area contributed by atoms with Gasteiger partial charge in [-0.2, -0.15) is 0 Å². The van der Waals surface area contributed by atoms with Crippen LogP contribution in [0.15, 0.2) is 27.7 Å². The maximum Gasteiger partial charge on any atom is 0.193 e. The van der Waals surface area contributed by atoms with E-state index in [9.17, 15) is 4.39 Å². The summed E-state index contributed by atoms with van der Waals surface area (Å²) in [4.78, 5) is 4.13. The Balaban J connectivity index is 2.72. The van der Waals surface area contributed by atoms with Crippen LogP contribution in [-0.2, 0) is 0 Å². The quantitative estimate of drug-likeness (QED) is 0.663. The number of hydrogen-bond acceptors (Lipinski definition) is 1. The predicted molar refractivity (Wildman–Crippen MR) is 69.1 cm³/mol. The highest BCUT2D eigenvalue weighted by molar-refractivity contribution is 9.10. The molecule has 0 atom stereocenters. The molecule has 0 spiro atoms. The minimum Gasteiger partial charge on any atom is -0.370 e. The van der Waals surface area contributed by atoms with E-state index in [0.717, 1.165) is 4.47 Å². The maximum atomic E-state index is 13.0. The van der Waals surface area contributed by atoms with Crippen molar-refractivity contribution in [1.29, 1.82) is 0 Å². The van der Waals surface area contributed by atoms with Crippen molar-refractivity contribution in [2.24, 2.45) is 16.6 Å². The largest absolute Gasteiger partial charge is 0.370 e.